The fourth-order valence-electron chi connectivity index (χ4n) is 2.74. The van der Waals surface area contributed by atoms with E-state index >= 15 is 0 Å². The third kappa shape index (κ3) is 4.10. The van der Waals surface area contributed by atoms with Crippen LogP contribution in [0.5, 0.6) is 5.75 Å². The largest absolute Gasteiger partial charge is 0.497 e. The Balaban J connectivity index is 1.89. The molecule has 20 heavy (non-hydrogen) atoms. The molecule has 0 unspecified atom stereocenters. The van der Waals surface area contributed by atoms with E-state index in [1.165, 1.54) is 6.07 Å². The number of rotatable bonds is 5. The van der Waals surface area contributed by atoms with Gasteiger partial charge in [-0.05, 0) is 30.9 Å². The number of hydrogen-bond acceptors (Lipinski definition) is 3. The number of hydrogen-bond donors (Lipinski definition) is 1. The minimum Gasteiger partial charge on any atom is -0.497 e. The first kappa shape index (κ1) is 15.1. The predicted molar refractivity (Wildman–Crippen MR) is 80.9 cm³/mol. The third-order valence-corrected chi connectivity index (χ3v) is 3.74. The van der Waals surface area contributed by atoms with Crippen LogP contribution in [0.1, 0.15) is 26.7 Å². The van der Waals surface area contributed by atoms with Gasteiger partial charge in [0.05, 0.1) is 12.8 Å². The molecule has 0 bridgehead atoms. The summed E-state index contributed by atoms with van der Waals surface area (Å²) in [5.41, 5.74) is 0.548. The first-order valence-electron chi connectivity index (χ1n) is 7.41. The number of ether oxygens (including phenoxy) is 1. The number of benzene rings is 1. The molecule has 0 radical (unpaired) electrons. The van der Waals surface area contributed by atoms with Gasteiger partial charge in [0.25, 0.3) is 0 Å². The molecule has 3 nitrogen and oxygen atoms in total. The van der Waals surface area contributed by atoms with Crippen LogP contribution < -0.4 is 10.1 Å². The third-order valence-electron chi connectivity index (χ3n) is 3.74. The van der Waals surface area contributed by atoms with Crippen LogP contribution in [-0.2, 0) is 0 Å². The lowest BCUT2D eigenvalue weighted by atomic mass is 10.0. The molecule has 1 fully saturated rings. The summed E-state index contributed by atoms with van der Waals surface area (Å²) in [4.78, 5) is 2.49. The molecule has 1 N–H and O–H groups in total. The fraction of sp³-hybridized carbons (Fsp3) is 0.625. The zero-order chi connectivity index (χ0) is 14.5. The Morgan fingerprint density at radius 2 is 2.05 bits per heavy atom. The molecule has 0 aliphatic carbocycles. The van der Waals surface area contributed by atoms with Crippen molar-refractivity contribution in [3.63, 3.8) is 0 Å². The second kappa shape index (κ2) is 6.93. The van der Waals surface area contributed by atoms with E-state index in [0.29, 0.717) is 23.4 Å². The predicted octanol–water partition coefficient (Wildman–Crippen LogP) is 3.37. The molecule has 112 valence electrons. The number of nitrogens with zero attached hydrogens (tertiary/aromatic N) is 1. The van der Waals surface area contributed by atoms with E-state index < -0.39 is 0 Å². The van der Waals surface area contributed by atoms with Crippen molar-refractivity contribution in [2.45, 2.75) is 32.7 Å². The van der Waals surface area contributed by atoms with Crippen LogP contribution >= 0.6 is 0 Å². The summed E-state index contributed by atoms with van der Waals surface area (Å²) >= 11 is 0. The second-order valence-corrected chi connectivity index (χ2v) is 5.96. The van der Waals surface area contributed by atoms with Gasteiger partial charge in [-0.2, -0.15) is 0 Å². The van der Waals surface area contributed by atoms with Gasteiger partial charge in [-0.25, -0.2) is 4.39 Å². The van der Waals surface area contributed by atoms with E-state index in [4.69, 9.17) is 4.74 Å². The number of methoxy groups -OCH3 is 1. The Morgan fingerprint density at radius 1 is 1.35 bits per heavy atom. The molecular weight excluding hydrogens is 255 g/mol. The van der Waals surface area contributed by atoms with Crippen molar-refractivity contribution in [3.8, 4) is 5.75 Å². The van der Waals surface area contributed by atoms with Crippen molar-refractivity contribution in [2.24, 2.45) is 5.92 Å². The standard InChI is InChI=1S/C16H25FN2O/c1-12(2)11-19-8-6-13(7-9-19)18-16-10-14(20-3)4-5-15(16)17/h4-5,10,12-13,18H,6-9,11H2,1-3H3. The smallest absolute Gasteiger partial charge is 0.146 e. The van der Waals surface area contributed by atoms with Gasteiger partial charge in [0.2, 0.25) is 0 Å². The Labute approximate surface area is 121 Å². The molecule has 2 rings (SSSR count). The van der Waals surface area contributed by atoms with E-state index in [1.54, 1.807) is 19.2 Å². The van der Waals surface area contributed by atoms with Gasteiger partial charge in [0, 0.05) is 31.7 Å². The van der Waals surface area contributed by atoms with Crippen LogP contribution in [0.3, 0.4) is 0 Å². The monoisotopic (exact) mass is 280 g/mol. The maximum absolute atomic E-state index is 13.8. The molecule has 1 saturated heterocycles. The van der Waals surface area contributed by atoms with Crippen LogP contribution in [-0.4, -0.2) is 37.7 Å². The SMILES string of the molecule is COc1ccc(F)c(NC2CCN(CC(C)C)CC2)c1. The highest BCUT2D eigenvalue weighted by Gasteiger charge is 2.20. The van der Waals surface area contributed by atoms with Gasteiger partial charge in [-0.15, -0.1) is 0 Å². The minimum absolute atomic E-state index is 0.213. The van der Waals surface area contributed by atoms with Gasteiger partial charge < -0.3 is 15.0 Å². The minimum atomic E-state index is -0.213. The summed E-state index contributed by atoms with van der Waals surface area (Å²) < 4.78 is 18.9. The van der Waals surface area contributed by atoms with E-state index in [0.717, 1.165) is 32.5 Å². The quantitative estimate of drug-likeness (QED) is 0.895. The summed E-state index contributed by atoms with van der Waals surface area (Å²) in [6.45, 7) is 7.81. The maximum atomic E-state index is 13.8. The van der Waals surface area contributed by atoms with E-state index in [9.17, 15) is 4.39 Å². The highest BCUT2D eigenvalue weighted by Crippen LogP contribution is 2.24. The fourth-order valence-corrected chi connectivity index (χ4v) is 2.74. The van der Waals surface area contributed by atoms with Crippen molar-refractivity contribution < 1.29 is 9.13 Å². The zero-order valence-electron chi connectivity index (χ0n) is 12.7. The van der Waals surface area contributed by atoms with Gasteiger partial charge >= 0.3 is 0 Å². The lowest BCUT2D eigenvalue weighted by molar-refractivity contribution is 0.198. The Bertz CT molecular complexity index is 428. The van der Waals surface area contributed by atoms with Gasteiger partial charge in [0.1, 0.15) is 11.6 Å². The van der Waals surface area contributed by atoms with Crippen molar-refractivity contribution in [1.82, 2.24) is 4.90 Å². The lowest BCUT2D eigenvalue weighted by Crippen LogP contribution is -2.40. The average Bonchev–Trinajstić information content (AvgIpc) is 2.43. The average molecular weight is 280 g/mol. The van der Waals surface area contributed by atoms with Crippen LogP contribution in [0.2, 0.25) is 0 Å². The van der Waals surface area contributed by atoms with E-state index in [1.807, 2.05) is 0 Å². The van der Waals surface area contributed by atoms with Crippen molar-refractivity contribution >= 4 is 5.69 Å². The van der Waals surface area contributed by atoms with Crippen molar-refractivity contribution in [3.05, 3.63) is 24.0 Å². The summed E-state index contributed by atoms with van der Waals surface area (Å²) in [5, 5.41) is 3.32. The Morgan fingerprint density at radius 3 is 2.65 bits per heavy atom. The zero-order valence-corrected chi connectivity index (χ0v) is 12.7. The molecular formula is C16H25FN2O. The summed E-state index contributed by atoms with van der Waals surface area (Å²) in [5.74, 6) is 1.18. The first-order chi connectivity index (χ1) is 9.58. The van der Waals surface area contributed by atoms with E-state index in [2.05, 4.69) is 24.1 Å². The molecule has 0 saturated carbocycles. The Kier molecular flexibility index (Phi) is 5.24. The highest BCUT2D eigenvalue weighted by atomic mass is 19.1. The molecule has 0 amide bonds. The first-order valence-corrected chi connectivity index (χ1v) is 7.41. The Hall–Kier alpha value is -1.29. The number of anilines is 1. The molecule has 0 spiro atoms. The highest BCUT2D eigenvalue weighted by molar-refractivity contribution is 5.50. The lowest BCUT2D eigenvalue weighted by Gasteiger charge is -2.33. The topological polar surface area (TPSA) is 24.5 Å². The van der Waals surface area contributed by atoms with Crippen LogP contribution in [0.25, 0.3) is 0 Å². The van der Waals surface area contributed by atoms with Crippen LogP contribution in [0.4, 0.5) is 10.1 Å². The molecule has 0 atom stereocenters. The molecule has 1 aromatic carbocycles. The normalized spacial score (nSPS) is 17.4. The van der Waals surface area contributed by atoms with E-state index in [-0.39, 0.29) is 5.82 Å². The maximum Gasteiger partial charge on any atom is 0.146 e. The van der Waals surface area contributed by atoms with Crippen LogP contribution in [0.15, 0.2) is 18.2 Å². The number of likely N-dealkylation sites (tertiary alicyclic amines) is 1. The van der Waals surface area contributed by atoms with Gasteiger partial charge in [0.15, 0.2) is 0 Å². The molecule has 1 aliphatic heterocycles. The molecule has 4 heteroatoms. The second-order valence-electron chi connectivity index (χ2n) is 5.96. The van der Waals surface area contributed by atoms with Crippen molar-refractivity contribution in [1.29, 1.82) is 0 Å². The summed E-state index contributed by atoms with van der Waals surface area (Å²) in [6.07, 6.45) is 2.12. The summed E-state index contributed by atoms with van der Waals surface area (Å²) in [7, 11) is 1.60. The summed E-state index contributed by atoms with van der Waals surface area (Å²) in [6, 6.07) is 5.18. The molecule has 1 heterocycles. The van der Waals surface area contributed by atoms with Crippen molar-refractivity contribution in [2.75, 3.05) is 32.1 Å². The number of piperidine rings is 1. The molecule has 1 aromatic rings. The van der Waals surface area contributed by atoms with Gasteiger partial charge in [-0.1, -0.05) is 13.8 Å². The van der Waals surface area contributed by atoms with Gasteiger partial charge in [-0.3, -0.25) is 0 Å². The molecule has 0 aromatic heterocycles. The number of halogens is 1. The number of nitrogens with one attached hydrogen (secondary N) is 1. The molecule has 1 aliphatic rings. The van der Waals surface area contributed by atoms with Crippen LogP contribution in [0, 0.1) is 11.7 Å².